The molecule has 6 heteroatoms. The minimum Gasteiger partial charge on any atom is -0.337 e. The number of rotatable bonds is 3. The zero-order valence-corrected chi connectivity index (χ0v) is 13.6. The summed E-state index contributed by atoms with van der Waals surface area (Å²) in [4.78, 5) is 22.9. The number of benzene rings is 1. The summed E-state index contributed by atoms with van der Waals surface area (Å²) >= 11 is 0. The van der Waals surface area contributed by atoms with Gasteiger partial charge in [-0.2, -0.15) is 5.26 Å². The first-order valence-electron chi connectivity index (χ1n) is 8.05. The van der Waals surface area contributed by atoms with Crippen LogP contribution >= 0.6 is 0 Å². The number of anilines is 2. The number of carbonyl (C=O) groups is 1. The second kappa shape index (κ2) is 7.09. The number of hydrogen-bond donors (Lipinski definition) is 1. The molecule has 0 aliphatic carbocycles. The average Bonchev–Trinajstić information content (AvgIpc) is 2.62. The summed E-state index contributed by atoms with van der Waals surface area (Å²) in [5.74, 6) is 0.962. The van der Waals surface area contributed by atoms with Crippen molar-refractivity contribution in [3.8, 4) is 6.07 Å². The van der Waals surface area contributed by atoms with Crippen LogP contribution in [-0.4, -0.2) is 33.9 Å². The lowest BCUT2D eigenvalue weighted by atomic mass is 9.99. The van der Waals surface area contributed by atoms with Crippen LogP contribution < -0.4 is 5.32 Å². The van der Waals surface area contributed by atoms with Crippen LogP contribution in [0.3, 0.4) is 0 Å². The standard InChI is InChI=1S/C18H19N5O/c1-13-6-9-23(10-7-13)17(24)16-5-8-20-18(22-16)21-15-4-2-3-14(11-15)12-19/h2-5,8,11,13H,6-7,9-10H2,1H3,(H,20,21,22). The van der Waals surface area contributed by atoms with Gasteiger partial charge in [0.05, 0.1) is 11.6 Å². The lowest BCUT2D eigenvalue weighted by Crippen LogP contribution is -2.38. The fourth-order valence-electron chi connectivity index (χ4n) is 2.71. The van der Waals surface area contributed by atoms with Gasteiger partial charge in [0.2, 0.25) is 5.95 Å². The smallest absolute Gasteiger partial charge is 0.272 e. The van der Waals surface area contributed by atoms with Gasteiger partial charge in [-0.25, -0.2) is 9.97 Å². The third-order valence-electron chi connectivity index (χ3n) is 4.19. The highest BCUT2D eigenvalue weighted by molar-refractivity contribution is 5.92. The Labute approximate surface area is 141 Å². The van der Waals surface area contributed by atoms with E-state index in [4.69, 9.17) is 5.26 Å². The van der Waals surface area contributed by atoms with Gasteiger partial charge >= 0.3 is 0 Å². The van der Waals surface area contributed by atoms with E-state index in [0.717, 1.165) is 25.9 Å². The molecule has 0 radical (unpaired) electrons. The summed E-state index contributed by atoms with van der Waals surface area (Å²) in [6, 6.07) is 10.8. The van der Waals surface area contributed by atoms with E-state index < -0.39 is 0 Å². The molecule has 1 aromatic heterocycles. The normalized spacial score (nSPS) is 14.9. The zero-order valence-electron chi connectivity index (χ0n) is 13.6. The number of nitrogens with zero attached hydrogens (tertiary/aromatic N) is 4. The largest absolute Gasteiger partial charge is 0.337 e. The quantitative estimate of drug-likeness (QED) is 0.940. The molecular weight excluding hydrogens is 302 g/mol. The third kappa shape index (κ3) is 3.69. The molecule has 0 spiro atoms. The van der Waals surface area contributed by atoms with E-state index in [0.29, 0.717) is 28.8 Å². The van der Waals surface area contributed by atoms with E-state index in [1.165, 1.54) is 0 Å². The van der Waals surface area contributed by atoms with E-state index in [-0.39, 0.29) is 5.91 Å². The van der Waals surface area contributed by atoms with Crippen molar-refractivity contribution in [2.24, 2.45) is 5.92 Å². The molecule has 6 nitrogen and oxygen atoms in total. The van der Waals surface area contributed by atoms with E-state index in [2.05, 4.69) is 28.3 Å². The minimum absolute atomic E-state index is 0.0573. The molecule has 1 N–H and O–H groups in total. The highest BCUT2D eigenvalue weighted by atomic mass is 16.2. The molecule has 0 atom stereocenters. The van der Waals surface area contributed by atoms with Gasteiger partial charge in [-0.3, -0.25) is 4.79 Å². The number of nitriles is 1. The lowest BCUT2D eigenvalue weighted by molar-refractivity contribution is 0.0691. The molecular formula is C18H19N5O. The summed E-state index contributed by atoms with van der Waals surface area (Å²) in [5, 5.41) is 12.0. The molecule has 24 heavy (non-hydrogen) atoms. The Morgan fingerprint density at radius 1 is 1.33 bits per heavy atom. The van der Waals surface area contributed by atoms with E-state index in [1.807, 2.05) is 11.0 Å². The first-order chi connectivity index (χ1) is 11.7. The third-order valence-corrected chi connectivity index (χ3v) is 4.19. The molecule has 3 rings (SSSR count). The summed E-state index contributed by atoms with van der Waals surface area (Å²) in [6.07, 6.45) is 3.63. The van der Waals surface area contributed by atoms with Crippen molar-refractivity contribution in [3.63, 3.8) is 0 Å². The monoisotopic (exact) mass is 321 g/mol. The van der Waals surface area contributed by atoms with Crippen molar-refractivity contribution in [1.82, 2.24) is 14.9 Å². The highest BCUT2D eigenvalue weighted by Crippen LogP contribution is 2.19. The summed E-state index contributed by atoms with van der Waals surface area (Å²) in [7, 11) is 0. The van der Waals surface area contributed by atoms with Crippen molar-refractivity contribution >= 4 is 17.5 Å². The predicted octanol–water partition coefficient (Wildman–Crippen LogP) is 2.96. The van der Waals surface area contributed by atoms with Crippen LogP contribution in [-0.2, 0) is 0 Å². The molecule has 122 valence electrons. The number of piperidine rings is 1. The maximum Gasteiger partial charge on any atom is 0.272 e. The highest BCUT2D eigenvalue weighted by Gasteiger charge is 2.22. The van der Waals surface area contributed by atoms with Crippen molar-refractivity contribution < 1.29 is 4.79 Å². The number of nitrogens with one attached hydrogen (secondary N) is 1. The van der Waals surface area contributed by atoms with Crippen molar-refractivity contribution in [3.05, 3.63) is 47.8 Å². The number of amides is 1. The molecule has 1 amide bonds. The summed E-state index contributed by atoms with van der Waals surface area (Å²) in [5.41, 5.74) is 1.65. The Hall–Kier alpha value is -2.94. The van der Waals surface area contributed by atoms with Crippen LogP contribution in [0.2, 0.25) is 0 Å². The number of carbonyl (C=O) groups excluding carboxylic acids is 1. The van der Waals surface area contributed by atoms with Gasteiger partial charge in [0.15, 0.2) is 0 Å². The van der Waals surface area contributed by atoms with Crippen LogP contribution in [0.4, 0.5) is 11.6 Å². The van der Waals surface area contributed by atoms with Crippen LogP contribution in [0.25, 0.3) is 0 Å². The fraction of sp³-hybridized carbons (Fsp3) is 0.333. The molecule has 1 aliphatic heterocycles. The van der Waals surface area contributed by atoms with Crippen LogP contribution in [0, 0.1) is 17.2 Å². The molecule has 2 heterocycles. The Balaban J connectivity index is 1.74. The Morgan fingerprint density at radius 2 is 2.12 bits per heavy atom. The molecule has 1 aliphatic rings. The topological polar surface area (TPSA) is 81.9 Å². The van der Waals surface area contributed by atoms with Gasteiger partial charge in [0, 0.05) is 25.0 Å². The number of hydrogen-bond acceptors (Lipinski definition) is 5. The van der Waals surface area contributed by atoms with E-state index >= 15 is 0 Å². The first-order valence-corrected chi connectivity index (χ1v) is 8.05. The van der Waals surface area contributed by atoms with Gasteiger partial charge < -0.3 is 10.2 Å². The molecule has 1 fully saturated rings. The van der Waals surface area contributed by atoms with Crippen LogP contribution in [0.5, 0.6) is 0 Å². The van der Waals surface area contributed by atoms with Gasteiger partial charge in [-0.1, -0.05) is 13.0 Å². The maximum absolute atomic E-state index is 12.6. The fourth-order valence-corrected chi connectivity index (χ4v) is 2.71. The second-order valence-electron chi connectivity index (χ2n) is 6.06. The van der Waals surface area contributed by atoms with E-state index in [9.17, 15) is 4.79 Å². The van der Waals surface area contributed by atoms with Crippen molar-refractivity contribution in [2.45, 2.75) is 19.8 Å². The molecule has 0 bridgehead atoms. The lowest BCUT2D eigenvalue weighted by Gasteiger charge is -2.30. The Kier molecular flexibility index (Phi) is 4.71. The summed E-state index contributed by atoms with van der Waals surface area (Å²) in [6.45, 7) is 3.76. The molecule has 2 aromatic rings. The van der Waals surface area contributed by atoms with Crippen LogP contribution in [0.15, 0.2) is 36.5 Å². The zero-order chi connectivity index (χ0) is 16.9. The molecule has 0 unspecified atom stereocenters. The van der Waals surface area contributed by atoms with Crippen LogP contribution in [0.1, 0.15) is 35.8 Å². The number of likely N-dealkylation sites (tertiary alicyclic amines) is 1. The van der Waals surface area contributed by atoms with Crippen molar-refractivity contribution in [1.29, 1.82) is 5.26 Å². The molecule has 0 saturated carbocycles. The Morgan fingerprint density at radius 3 is 2.88 bits per heavy atom. The predicted molar refractivity (Wildman–Crippen MR) is 90.8 cm³/mol. The summed E-state index contributed by atoms with van der Waals surface area (Å²) < 4.78 is 0. The van der Waals surface area contributed by atoms with Gasteiger partial charge in [-0.05, 0) is 43.0 Å². The first kappa shape index (κ1) is 15.9. The van der Waals surface area contributed by atoms with Gasteiger partial charge in [0.1, 0.15) is 5.69 Å². The Bertz CT molecular complexity index is 775. The maximum atomic E-state index is 12.6. The SMILES string of the molecule is CC1CCN(C(=O)c2ccnc(Nc3cccc(C#N)c3)n2)CC1. The van der Waals surface area contributed by atoms with Crippen molar-refractivity contribution in [2.75, 3.05) is 18.4 Å². The molecule has 1 saturated heterocycles. The number of aromatic nitrogens is 2. The second-order valence-corrected chi connectivity index (χ2v) is 6.06. The van der Waals surface area contributed by atoms with Gasteiger partial charge in [0.25, 0.3) is 5.91 Å². The molecule has 1 aromatic carbocycles. The van der Waals surface area contributed by atoms with E-state index in [1.54, 1.807) is 30.5 Å². The minimum atomic E-state index is -0.0573. The average molecular weight is 321 g/mol. The van der Waals surface area contributed by atoms with Gasteiger partial charge in [-0.15, -0.1) is 0 Å².